The maximum Gasteiger partial charge on any atom is 0.339 e. The van der Waals surface area contributed by atoms with Crippen molar-refractivity contribution >= 4 is 11.9 Å². The average molecular weight is 378 g/mol. The van der Waals surface area contributed by atoms with Crippen molar-refractivity contribution in [3.8, 4) is 0 Å². The first kappa shape index (κ1) is 17.7. The monoisotopic (exact) mass is 378 g/mol. The molecule has 0 N–H and O–H groups in total. The zero-order valence-electron chi connectivity index (χ0n) is 16.5. The maximum atomic E-state index is 13.3. The quantitative estimate of drug-likeness (QED) is 0.544. The molecular formula is C24H26O4. The maximum absolute atomic E-state index is 13.3. The molecule has 5 rings (SSSR count). The van der Waals surface area contributed by atoms with Crippen molar-refractivity contribution in [2.24, 2.45) is 16.7 Å². The van der Waals surface area contributed by atoms with Gasteiger partial charge in [0, 0.05) is 11.5 Å². The van der Waals surface area contributed by atoms with Crippen molar-refractivity contribution in [3.05, 3.63) is 59.4 Å². The predicted octanol–water partition coefficient (Wildman–Crippen LogP) is 5.05. The van der Waals surface area contributed by atoms with E-state index >= 15 is 0 Å². The van der Waals surface area contributed by atoms with E-state index in [1.165, 1.54) is 0 Å². The fourth-order valence-corrected chi connectivity index (χ4v) is 6.56. The van der Waals surface area contributed by atoms with Gasteiger partial charge in [0.1, 0.15) is 11.2 Å². The van der Waals surface area contributed by atoms with E-state index in [4.69, 9.17) is 9.47 Å². The van der Waals surface area contributed by atoms with E-state index in [0.29, 0.717) is 5.56 Å². The number of cyclic esters (lactones) is 1. The standard InChI is InChI=1S/C24H26O4/c1-3-5-13-19-23-15-9-8-14-22(23,21(26)27-19)18(10-4-2)24(23)17-12-7-6-11-16(17)20(25)28-24/h6-8,11-14,18H,3-5,9-10,15H2,1-2H3/b19-13-/t18?,22-,23-,24?/m0/s1. The highest BCUT2D eigenvalue weighted by Gasteiger charge is 2.90. The summed E-state index contributed by atoms with van der Waals surface area (Å²) in [6.45, 7) is 4.23. The SMILES string of the molecule is CCC/C=C1\OC(=O)[C@@]23C=CCC[C@]12C1(OC(=O)c2ccccc21)C3CCC. The van der Waals surface area contributed by atoms with Gasteiger partial charge in [0.15, 0.2) is 5.60 Å². The normalized spacial score (nSPS) is 38.6. The van der Waals surface area contributed by atoms with Crippen LogP contribution in [0.25, 0.3) is 0 Å². The van der Waals surface area contributed by atoms with Crippen LogP contribution in [0.15, 0.2) is 48.3 Å². The molecular weight excluding hydrogens is 352 g/mol. The highest BCUT2D eigenvalue weighted by Crippen LogP contribution is 2.83. The number of esters is 2. The molecule has 2 heterocycles. The number of allylic oxidation sites excluding steroid dienone is 2. The second kappa shape index (κ2) is 5.82. The lowest BCUT2D eigenvalue weighted by atomic mass is 9.32. The van der Waals surface area contributed by atoms with Crippen molar-refractivity contribution in [1.29, 1.82) is 0 Å². The summed E-state index contributed by atoms with van der Waals surface area (Å²) >= 11 is 0. The van der Waals surface area contributed by atoms with E-state index < -0.39 is 16.4 Å². The highest BCUT2D eigenvalue weighted by atomic mass is 16.6. The van der Waals surface area contributed by atoms with Crippen molar-refractivity contribution < 1.29 is 19.1 Å². The van der Waals surface area contributed by atoms with Crippen molar-refractivity contribution in [2.75, 3.05) is 0 Å². The fraction of sp³-hybridized carbons (Fsp3) is 0.500. The molecule has 0 radical (unpaired) electrons. The van der Waals surface area contributed by atoms with Gasteiger partial charge >= 0.3 is 11.9 Å². The fourth-order valence-electron chi connectivity index (χ4n) is 6.56. The summed E-state index contributed by atoms with van der Waals surface area (Å²) in [6, 6.07) is 7.70. The lowest BCUT2D eigenvalue weighted by Crippen LogP contribution is -2.75. The van der Waals surface area contributed by atoms with Gasteiger partial charge in [-0.05, 0) is 37.8 Å². The Kier molecular flexibility index (Phi) is 3.68. The Morgan fingerprint density at radius 3 is 2.79 bits per heavy atom. The molecule has 1 spiro atoms. The molecule has 4 aliphatic rings. The molecule has 1 aromatic carbocycles. The molecule has 2 unspecified atom stereocenters. The lowest BCUT2D eigenvalue weighted by molar-refractivity contribution is -0.270. The molecule has 2 aliphatic carbocycles. The van der Waals surface area contributed by atoms with Crippen molar-refractivity contribution in [2.45, 2.75) is 58.0 Å². The van der Waals surface area contributed by atoms with Crippen LogP contribution in [-0.2, 0) is 19.9 Å². The first-order valence-electron chi connectivity index (χ1n) is 10.5. The molecule has 1 saturated heterocycles. The Bertz CT molecular complexity index is 928. The molecule has 146 valence electrons. The van der Waals surface area contributed by atoms with Crippen LogP contribution in [0.3, 0.4) is 0 Å². The van der Waals surface area contributed by atoms with Crippen molar-refractivity contribution in [3.63, 3.8) is 0 Å². The van der Waals surface area contributed by atoms with Crippen LogP contribution in [-0.4, -0.2) is 11.9 Å². The minimum atomic E-state index is -0.812. The number of benzene rings is 1. The molecule has 2 fully saturated rings. The van der Waals surface area contributed by atoms with Crippen LogP contribution >= 0.6 is 0 Å². The van der Waals surface area contributed by atoms with Crippen molar-refractivity contribution in [1.82, 2.24) is 0 Å². The Morgan fingerprint density at radius 2 is 2.00 bits per heavy atom. The van der Waals surface area contributed by atoms with Gasteiger partial charge in [-0.25, -0.2) is 4.79 Å². The van der Waals surface area contributed by atoms with Gasteiger partial charge < -0.3 is 9.47 Å². The molecule has 28 heavy (non-hydrogen) atoms. The third-order valence-electron chi connectivity index (χ3n) is 7.40. The molecule has 4 nitrogen and oxygen atoms in total. The summed E-state index contributed by atoms with van der Waals surface area (Å²) in [5.74, 6) is 0.175. The Morgan fingerprint density at radius 1 is 1.18 bits per heavy atom. The topological polar surface area (TPSA) is 52.6 Å². The molecule has 1 aromatic rings. The predicted molar refractivity (Wildman–Crippen MR) is 104 cm³/mol. The van der Waals surface area contributed by atoms with Gasteiger partial charge in [-0.3, -0.25) is 4.79 Å². The van der Waals surface area contributed by atoms with Gasteiger partial charge in [-0.15, -0.1) is 0 Å². The van der Waals surface area contributed by atoms with E-state index in [1.54, 1.807) is 0 Å². The second-order valence-electron chi connectivity index (χ2n) is 8.47. The van der Waals surface area contributed by atoms with Crippen LogP contribution in [0.2, 0.25) is 0 Å². The van der Waals surface area contributed by atoms with Gasteiger partial charge in [0.25, 0.3) is 0 Å². The van der Waals surface area contributed by atoms with E-state index in [9.17, 15) is 9.59 Å². The van der Waals surface area contributed by atoms with Crippen LogP contribution < -0.4 is 0 Å². The van der Waals surface area contributed by atoms with E-state index in [0.717, 1.165) is 49.8 Å². The summed E-state index contributed by atoms with van der Waals surface area (Å²) in [7, 11) is 0. The molecule has 0 bridgehead atoms. The largest absolute Gasteiger partial charge is 0.449 e. The summed E-state index contributed by atoms with van der Waals surface area (Å²) in [6.07, 6.45) is 11.4. The van der Waals surface area contributed by atoms with Gasteiger partial charge in [-0.2, -0.15) is 0 Å². The molecule has 4 heteroatoms. The van der Waals surface area contributed by atoms with Crippen LogP contribution in [0.4, 0.5) is 0 Å². The van der Waals surface area contributed by atoms with Crippen LogP contribution in [0, 0.1) is 16.7 Å². The smallest absolute Gasteiger partial charge is 0.339 e. The molecule has 1 saturated carbocycles. The highest BCUT2D eigenvalue weighted by molar-refractivity contribution is 5.98. The number of hydrogen-bond donors (Lipinski definition) is 0. The molecule has 0 aromatic heterocycles. The summed E-state index contributed by atoms with van der Waals surface area (Å²) in [4.78, 5) is 26.2. The Labute approximate surface area is 165 Å². The number of fused-ring (bicyclic) bond motifs is 2. The average Bonchev–Trinajstić information content (AvgIpc) is 3.15. The number of carbonyl (C=O) groups is 2. The van der Waals surface area contributed by atoms with Crippen LogP contribution in [0.1, 0.15) is 68.3 Å². The number of hydrogen-bond acceptors (Lipinski definition) is 4. The van der Waals surface area contributed by atoms with Gasteiger partial charge in [0.2, 0.25) is 0 Å². The summed E-state index contributed by atoms with van der Waals surface area (Å²) < 4.78 is 12.3. The van der Waals surface area contributed by atoms with Gasteiger partial charge in [0.05, 0.1) is 11.0 Å². The number of rotatable bonds is 4. The third kappa shape index (κ3) is 1.65. The first-order valence-corrected chi connectivity index (χ1v) is 10.5. The zero-order chi connectivity index (χ0) is 19.6. The van der Waals surface area contributed by atoms with Crippen LogP contribution in [0.5, 0.6) is 0 Å². The van der Waals surface area contributed by atoms with E-state index in [-0.39, 0.29) is 17.9 Å². The third-order valence-corrected chi connectivity index (χ3v) is 7.40. The first-order chi connectivity index (χ1) is 13.6. The van der Waals surface area contributed by atoms with Gasteiger partial charge in [-0.1, -0.05) is 57.0 Å². The Balaban J connectivity index is 1.82. The second-order valence-corrected chi connectivity index (χ2v) is 8.47. The molecule has 0 amide bonds. The number of ether oxygens (including phenoxy) is 2. The van der Waals surface area contributed by atoms with E-state index in [1.807, 2.05) is 24.3 Å². The minimum absolute atomic E-state index is 0.103. The lowest BCUT2D eigenvalue weighted by Gasteiger charge is -2.68. The van der Waals surface area contributed by atoms with E-state index in [2.05, 4.69) is 32.1 Å². The number of unbranched alkanes of at least 4 members (excludes halogenated alkanes) is 1. The summed E-state index contributed by atoms with van der Waals surface area (Å²) in [5.41, 5.74) is -0.588. The molecule has 2 aliphatic heterocycles. The zero-order valence-corrected chi connectivity index (χ0v) is 16.5. The number of carbonyl (C=O) groups excluding carboxylic acids is 2. The minimum Gasteiger partial charge on any atom is -0.449 e. The Hall–Kier alpha value is -2.36. The molecule has 4 atom stereocenters. The summed E-state index contributed by atoms with van der Waals surface area (Å²) in [5, 5.41) is 0.